The van der Waals surface area contributed by atoms with Crippen LogP contribution < -0.4 is 0 Å². The van der Waals surface area contributed by atoms with Crippen LogP contribution in [0.1, 0.15) is 5.56 Å². The summed E-state index contributed by atoms with van der Waals surface area (Å²) in [5.74, 6) is 0. The van der Waals surface area contributed by atoms with Gasteiger partial charge in [0, 0.05) is 27.5 Å². The van der Waals surface area contributed by atoms with Crippen molar-refractivity contribution in [2.45, 2.75) is 0 Å². The molecule has 0 atom stereocenters. The van der Waals surface area contributed by atoms with Gasteiger partial charge in [0.2, 0.25) is 0 Å². The topological polar surface area (TPSA) is 36.9 Å². The van der Waals surface area contributed by atoms with Gasteiger partial charge in [-0.05, 0) is 73.6 Å². The molecule has 180 valence electrons. The Labute approximate surface area is 225 Å². The van der Waals surface area contributed by atoms with Crippen LogP contribution in [0, 0.1) is 11.3 Å². The van der Waals surface area contributed by atoms with E-state index in [-0.39, 0.29) is 0 Å². The third kappa shape index (κ3) is 3.21. The van der Waals surface area contributed by atoms with Crippen molar-refractivity contribution in [3.05, 3.63) is 133 Å². The Bertz CT molecular complexity index is 2280. The molecule has 0 aliphatic carbocycles. The van der Waals surface area contributed by atoms with Crippen LogP contribution in [0.2, 0.25) is 0 Å². The highest BCUT2D eigenvalue weighted by Crippen LogP contribution is 2.46. The van der Waals surface area contributed by atoms with Crippen molar-refractivity contribution in [2.75, 3.05) is 0 Å². The van der Waals surface area contributed by atoms with Crippen molar-refractivity contribution in [2.24, 2.45) is 0 Å². The van der Waals surface area contributed by atoms with Gasteiger partial charge in [-0.15, -0.1) is 0 Å². The molecule has 0 radical (unpaired) electrons. The summed E-state index contributed by atoms with van der Waals surface area (Å²) >= 11 is 0. The zero-order valence-corrected chi connectivity index (χ0v) is 21.0. The Morgan fingerprint density at radius 1 is 0.487 bits per heavy atom. The van der Waals surface area contributed by atoms with Gasteiger partial charge in [0.25, 0.3) is 0 Å². The highest BCUT2D eigenvalue weighted by atomic mass is 16.3. The molecule has 8 aromatic rings. The van der Waals surface area contributed by atoms with Gasteiger partial charge in [-0.2, -0.15) is 5.26 Å². The smallest absolute Gasteiger partial charge is 0.142 e. The van der Waals surface area contributed by atoms with Crippen molar-refractivity contribution in [1.82, 2.24) is 0 Å². The molecule has 0 amide bonds. The van der Waals surface area contributed by atoms with Crippen molar-refractivity contribution in [3.8, 4) is 28.3 Å². The van der Waals surface area contributed by atoms with Crippen LogP contribution in [-0.4, -0.2) is 0 Å². The molecule has 0 N–H and O–H groups in total. The molecule has 0 bridgehead atoms. The van der Waals surface area contributed by atoms with Gasteiger partial charge in [0.05, 0.1) is 17.9 Å². The van der Waals surface area contributed by atoms with Crippen LogP contribution in [0.15, 0.2) is 132 Å². The first kappa shape index (κ1) is 21.7. The molecule has 0 unspecified atom stereocenters. The van der Waals surface area contributed by atoms with Gasteiger partial charge in [-0.25, -0.2) is 0 Å². The van der Waals surface area contributed by atoms with Crippen LogP contribution in [0.3, 0.4) is 0 Å². The maximum Gasteiger partial charge on any atom is 0.142 e. The van der Waals surface area contributed by atoms with Crippen molar-refractivity contribution < 1.29 is 4.42 Å². The van der Waals surface area contributed by atoms with Gasteiger partial charge in [0.15, 0.2) is 0 Å². The molecule has 8 rings (SSSR count). The van der Waals surface area contributed by atoms with Gasteiger partial charge in [-0.3, -0.25) is 0 Å². The summed E-state index contributed by atoms with van der Waals surface area (Å²) in [6.45, 7) is 0. The molecule has 0 saturated carbocycles. The maximum atomic E-state index is 10.4. The van der Waals surface area contributed by atoms with Gasteiger partial charge in [0.1, 0.15) is 5.58 Å². The third-order valence-corrected chi connectivity index (χ3v) is 7.92. The molecule has 0 aliphatic heterocycles. The van der Waals surface area contributed by atoms with E-state index >= 15 is 0 Å². The van der Waals surface area contributed by atoms with E-state index in [9.17, 15) is 5.26 Å². The Hall–Kier alpha value is -5.39. The summed E-state index contributed by atoms with van der Waals surface area (Å²) in [6.07, 6.45) is 1.87. The summed E-state index contributed by atoms with van der Waals surface area (Å²) in [5.41, 5.74) is 5.49. The van der Waals surface area contributed by atoms with Crippen LogP contribution in [0.4, 0.5) is 0 Å². The van der Waals surface area contributed by atoms with E-state index < -0.39 is 0 Å². The second-order valence-corrected chi connectivity index (χ2v) is 10.0. The number of benzene rings is 7. The van der Waals surface area contributed by atoms with Crippen LogP contribution in [0.5, 0.6) is 0 Å². The van der Waals surface area contributed by atoms with Crippen molar-refractivity contribution in [3.63, 3.8) is 0 Å². The molecular formula is C37H21NO. The molecule has 0 aliphatic rings. The van der Waals surface area contributed by atoms with E-state index in [1.54, 1.807) is 0 Å². The van der Waals surface area contributed by atoms with E-state index in [1.807, 2.05) is 30.5 Å². The summed E-state index contributed by atoms with van der Waals surface area (Å²) < 4.78 is 6.38. The lowest BCUT2D eigenvalue weighted by Crippen LogP contribution is -1.93. The standard InChI is InChI=1S/C37H21NO/c38-21-28-19-27-18-25-11-4-5-12-26(25)20-33(27)36(35(28)24-9-2-1-3-10-24)34-22-39-37-31-15-14-23-8-6-7-13-29(23)30(31)16-17-32(34)37/h1-20,22H. The first-order chi connectivity index (χ1) is 19.3. The van der Waals surface area contributed by atoms with Crippen LogP contribution in [-0.2, 0) is 0 Å². The summed E-state index contributed by atoms with van der Waals surface area (Å²) in [4.78, 5) is 0. The Morgan fingerprint density at radius 2 is 1.18 bits per heavy atom. The molecule has 7 aromatic carbocycles. The fourth-order valence-electron chi connectivity index (χ4n) is 6.14. The summed E-state index contributed by atoms with van der Waals surface area (Å²) in [5, 5.41) is 20.5. The Kier molecular flexibility index (Phi) is 4.62. The van der Waals surface area contributed by atoms with Crippen LogP contribution in [0.25, 0.3) is 76.3 Å². The Balaban J connectivity index is 1.53. The fourth-order valence-corrected chi connectivity index (χ4v) is 6.14. The van der Waals surface area contributed by atoms with Gasteiger partial charge < -0.3 is 4.42 Å². The first-order valence-electron chi connectivity index (χ1n) is 13.1. The molecule has 39 heavy (non-hydrogen) atoms. The SMILES string of the molecule is N#Cc1cc2cc3ccccc3cc2c(-c2coc3c2ccc2c4ccccc4ccc23)c1-c1ccccc1. The lowest BCUT2D eigenvalue weighted by atomic mass is 9.85. The molecule has 0 saturated heterocycles. The number of hydrogen-bond donors (Lipinski definition) is 0. The lowest BCUT2D eigenvalue weighted by Gasteiger charge is -2.16. The molecular weight excluding hydrogens is 474 g/mol. The monoisotopic (exact) mass is 495 g/mol. The molecule has 2 nitrogen and oxygen atoms in total. The number of fused-ring (bicyclic) bond motifs is 7. The number of nitriles is 1. The normalized spacial score (nSPS) is 11.6. The minimum atomic E-state index is 0.653. The van der Waals surface area contributed by atoms with E-state index in [0.29, 0.717) is 5.56 Å². The number of furan rings is 1. The van der Waals surface area contributed by atoms with Crippen molar-refractivity contribution >= 4 is 54.1 Å². The van der Waals surface area contributed by atoms with E-state index in [1.165, 1.54) is 21.5 Å². The summed E-state index contributed by atoms with van der Waals surface area (Å²) in [7, 11) is 0. The molecule has 0 spiro atoms. The maximum absolute atomic E-state index is 10.4. The largest absolute Gasteiger partial charge is 0.463 e. The quantitative estimate of drug-likeness (QED) is 0.177. The van der Waals surface area contributed by atoms with E-state index in [4.69, 9.17) is 4.42 Å². The zero-order chi connectivity index (χ0) is 25.9. The number of nitrogens with zero attached hydrogens (tertiary/aromatic N) is 1. The second-order valence-electron chi connectivity index (χ2n) is 10.0. The average Bonchev–Trinajstić information content (AvgIpc) is 3.43. The average molecular weight is 496 g/mol. The lowest BCUT2D eigenvalue weighted by molar-refractivity contribution is 0.620. The second kappa shape index (κ2) is 8.31. The molecule has 1 aromatic heterocycles. The van der Waals surface area contributed by atoms with E-state index in [0.717, 1.165) is 54.8 Å². The van der Waals surface area contributed by atoms with Crippen LogP contribution >= 0.6 is 0 Å². The minimum Gasteiger partial charge on any atom is -0.463 e. The molecule has 0 fully saturated rings. The minimum absolute atomic E-state index is 0.653. The molecule has 2 heteroatoms. The fraction of sp³-hybridized carbons (Fsp3) is 0. The highest BCUT2D eigenvalue weighted by Gasteiger charge is 2.21. The zero-order valence-electron chi connectivity index (χ0n) is 21.0. The van der Waals surface area contributed by atoms with Gasteiger partial charge in [-0.1, -0.05) is 91.0 Å². The summed E-state index contributed by atoms with van der Waals surface area (Å²) in [6, 6.07) is 44.7. The first-order valence-corrected chi connectivity index (χ1v) is 13.1. The molecule has 1 heterocycles. The number of rotatable bonds is 2. The predicted octanol–water partition coefficient (Wildman–Crippen LogP) is 10.3. The third-order valence-electron chi connectivity index (χ3n) is 7.92. The number of hydrogen-bond acceptors (Lipinski definition) is 2. The highest BCUT2D eigenvalue weighted by molar-refractivity contribution is 6.20. The van der Waals surface area contributed by atoms with Crippen molar-refractivity contribution in [1.29, 1.82) is 5.26 Å². The predicted molar refractivity (Wildman–Crippen MR) is 162 cm³/mol. The van der Waals surface area contributed by atoms with E-state index in [2.05, 4.69) is 103 Å². The Morgan fingerprint density at radius 3 is 2.00 bits per heavy atom. The van der Waals surface area contributed by atoms with Gasteiger partial charge >= 0.3 is 0 Å².